The van der Waals surface area contributed by atoms with Gasteiger partial charge in [0, 0.05) is 12.5 Å². The third kappa shape index (κ3) is 3.99. The van der Waals surface area contributed by atoms with E-state index in [9.17, 15) is 4.79 Å². The molecule has 0 amide bonds. The zero-order valence-corrected chi connectivity index (χ0v) is 17.6. The van der Waals surface area contributed by atoms with Crippen molar-refractivity contribution in [2.75, 3.05) is 20.2 Å². The highest BCUT2D eigenvalue weighted by molar-refractivity contribution is 5.85. The van der Waals surface area contributed by atoms with Gasteiger partial charge in [-0.2, -0.15) is 4.68 Å². The van der Waals surface area contributed by atoms with Crippen LogP contribution in [0.1, 0.15) is 30.1 Å². The molecule has 1 aromatic heterocycles. The maximum absolute atomic E-state index is 12.5. The molecule has 1 fully saturated rings. The van der Waals surface area contributed by atoms with Crippen LogP contribution in [-0.4, -0.2) is 39.9 Å². The van der Waals surface area contributed by atoms with E-state index >= 15 is 0 Å². The molecule has 5 rings (SSSR count). The minimum atomic E-state index is -0.196. The van der Waals surface area contributed by atoms with E-state index in [2.05, 4.69) is 57.4 Å². The Morgan fingerprint density at radius 2 is 1.74 bits per heavy atom. The molecular formula is C25H26N4O2. The molecule has 1 saturated heterocycles. The number of H-pyrrole nitrogens is 1. The molecule has 158 valence electrons. The van der Waals surface area contributed by atoms with Crippen LogP contribution in [0.5, 0.6) is 5.75 Å². The predicted molar refractivity (Wildman–Crippen MR) is 122 cm³/mol. The smallest absolute Gasteiger partial charge is 0.348 e. The number of nitrogens with one attached hydrogen (secondary N) is 1. The van der Waals surface area contributed by atoms with E-state index in [1.54, 1.807) is 7.11 Å². The Bertz CT molecular complexity index is 1230. The number of methoxy groups -OCH3 is 1. The van der Waals surface area contributed by atoms with Gasteiger partial charge in [-0.1, -0.05) is 42.5 Å². The molecule has 0 atom stereocenters. The lowest BCUT2D eigenvalue weighted by Gasteiger charge is -2.31. The number of hydrogen-bond donors (Lipinski definition) is 1. The van der Waals surface area contributed by atoms with Crippen molar-refractivity contribution in [1.29, 1.82) is 0 Å². The van der Waals surface area contributed by atoms with Crippen molar-refractivity contribution in [1.82, 2.24) is 19.7 Å². The second kappa shape index (κ2) is 8.40. The number of likely N-dealkylation sites (tertiary alicyclic amines) is 1. The SMILES string of the molecule is COc1ccc(-n2nc(C3CCN(Cc4cccc5ccccc45)CC3)[nH]c2=O)cc1. The number of hydrogen-bond acceptors (Lipinski definition) is 4. The minimum absolute atomic E-state index is 0.196. The van der Waals surface area contributed by atoms with Crippen molar-refractivity contribution in [2.45, 2.75) is 25.3 Å². The van der Waals surface area contributed by atoms with Crippen molar-refractivity contribution in [3.63, 3.8) is 0 Å². The third-order valence-corrected chi connectivity index (χ3v) is 6.20. The number of benzene rings is 3. The summed E-state index contributed by atoms with van der Waals surface area (Å²) >= 11 is 0. The van der Waals surface area contributed by atoms with E-state index < -0.39 is 0 Å². The highest BCUT2D eigenvalue weighted by Gasteiger charge is 2.24. The summed E-state index contributed by atoms with van der Waals surface area (Å²) in [5.41, 5.74) is 1.91. The molecule has 1 N–H and O–H groups in total. The molecule has 4 aromatic rings. The van der Waals surface area contributed by atoms with Crippen LogP contribution >= 0.6 is 0 Å². The van der Waals surface area contributed by atoms with E-state index in [1.807, 2.05) is 24.3 Å². The first-order chi connectivity index (χ1) is 15.2. The second-order valence-electron chi connectivity index (χ2n) is 8.11. The minimum Gasteiger partial charge on any atom is -0.497 e. The van der Waals surface area contributed by atoms with Gasteiger partial charge in [0.25, 0.3) is 0 Å². The van der Waals surface area contributed by atoms with E-state index in [0.29, 0.717) is 0 Å². The average Bonchev–Trinajstić information content (AvgIpc) is 3.21. The molecule has 6 nitrogen and oxygen atoms in total. The Balaban J connectivity index is 1.27. The van der Waals surface area contributed by atoms with Crippen molar-refractivity contribution in [3.05, 3.63) is 88.6 Å². The number of rotatable bonds is 5. The Kier molecular flexibility index (Phi) is 5.30. The second-order valence-corrected chi connectivity index (χ2v) is 8.11. The molecule has 0 aliphatic carbocycles. The van der Waals surface area contributed by atoms with Gasteiger partial charge >= 0.3 is 5.69 Å². The van der Waals surface area contributed by atoms with Gasteiger partial charge in [0.15, 0.2) is 0 Å². The number of ether oxygens (including phenoxy) is 1. The molecule has 0 spiro atoms. The molecule has 2 heterocycles. The normalized spacial score (nSPS) is 15.4. The lowest BCUT2D eigenvalue weighted by molar-refractivity contribution is 0.202. The van der Waals surface area contributed by atoms with E-state index in [-0.39, 0.29) is 11.6 Å². The first-order valence-electron chi connectivity index (χ1n) is 10.7. The number of aromatic nitrogens is 3. The van der Waals surface area contributed by atoms with Crippen molar-refractivity contribution < 1.29 is 4.74 Å². The van der Waals surface area contributed by atoms with Crippen LogP contribution in [0, 0.1) is 0 Å². The van der Waals surface area contributed by atoms with E-state index in [1.165, 1.54) is 21.0 Å². The predicted octanol–water partition coefficient (Wildman–Crippen LogP) is 4.10. The van der Waals surface area contributed by atoms with Gasteiger partial charge in [-0.25, -0.2) is 4.79 Å². The first-order valence-corrected chi connectivity index (χ1v) is 10.7. The number of aromatic amines is 1. The van der Waals surface area contributed by atoms with Gasteiger partial charge in [-0.05, 0) is 66.5 Å². The van der Waals surface area contributed by atoms with Crippen LogP contribution in [0.4, 0.5) is 0 Å². The van der Waals surface area contributed by atoms with E-state index in [4.69, 9.17) is 4.74 Å². The molecule has 0 bridgehead atoms. The molecule has 0 unspecified atom stereocenters. The Hall–Kier alpha value is -3.38. The maximum Gasteiger partial charge on any atom is 0.348 e. The summed E-state index contributed by atoms with van der Waals surface area (Å²) in [5, 5.41) is 7.22. The summed E-state index contributed by atoms with van der Waals surface area (Å²) in [5.74, 6) is 1.81. The van der Waals surface area contributed by atoms with Crippen molar-refractivity contribution in [3.8, 4) is 11.4 Å². The fourth-order valence-electron chi connectivity index (χ4n) is 4.46. The monoisotopic (exact) mass is 414 g/mol. The Labute approximate surface area is 181 Å². The summed E-state index contributed by atoms with van der Waals surface area (Å²) in [4.78, 5) is 17.9. The van der Waals surface area contributed by atoms with Crippen LogP contribution in [0.25, 0.3) is 16.5 Å². The fourth-order valence-corrected chi connectivity index (χ4v) is 4.46. The molecule has 1 aliphatic rings. The van der Waals surface area contributed by atoms with Crippen molar-refractivity contribution in [2.24, 2.45) is 0 Å². The topological polar surface area (TPSA) is 63.1 Å². The number of fused-ring (bicyclic) bond motifs is 1. The average molecular weight is 415 g/mol. The van der Waals surface area contributed by atoms with Gasteiger partial charge in [0.1, 0.15) is 11.6 Å². The van der Waals surface area contributed by atoms with Gasteiger partial charge < -0.3 is 4.74 Å². The van der Waals surface area contributed by atoms with Gasteiger partial charge in [0.05, 0.1) is 12.8 Å². The van der Waals surface area contributed by atoms with Crippen LogP contribution in [0.15, 0.2) is 71.5 Å². The third-order valence-electron chi connectivity index (χ3n) is 6.20. The largest absolute Gasteiger partial charge is 0.497 e. The van der Waals surface area contributed by atoms with Crippen LogP contribution in [0.2, 0.25) is 0 Å². The maximum atomic E-state index is 12.5. The molecule has 6 heteroatoms. The highest BCUT2D eigenvalue weighted by Crippen LogP contribution is 2.27. The van der Waals surface area contributed by atoms with Gasteiger partial charge in [0.2, 0.25) is 0 Å². The summed E-state index contributed by atoms with van der Waals surface area (Å²) in [7, 11) is 1.63. The molecular weight excluding hydrogens is 388 g/mol. The fraction of sp³-hybridized carbons (Fsp3) is 0.280. The standard InChI is InChI=1S/C25H26N4O2/c1-31-22-11-9-21(10-12-22)29-25(30)26-24(27-29)19-13-15-28(16-14-19)17-20-7-4-6-18-5-2-3-8-23(18)20/h2-12,19H,13-17H2,1H3,(H,26,27,30). The zero-order valence-electron chi connectivity index (χ0n) is 17.6. The summed E-state index contributed by atoms with van der Waals surface area (Å²) in [6.07, 6.45) is 1.97. The number of piperidine rings is 1. The lowest BCUT2D eigenvalue weighted by Crippen LogP contribution is -2.32. The molecule has 1 aliphatic heterocycles. The van der Waals surface area contributed by atoms with E-state index in [0.717, 1.165) is 49.7 Å². The Morgan fingerprint density at radius 1 is 1.00 bits per heavy atom. The lowest BCUT2D eigenvalue weighted by atomic mass is 9.95. The molecule has 3 aromatic carbocycles. The molecule has 0 radical (unpaired) electrons. The number of nitrogens with zero attached hydrogens (tertiary/aromatic N) is 3. The van der Waals surface area contributed by atoms with Crippen LogP contribution in [0.3, 0.4) is 0 Å². The summed E-state index contributed by atoms with van der Waals surface area (Å²) < 4.78 is 6.63. The zero-order chi connectivity index (χ0) is 21.2. The van der Waals surface area contributed by atoms with Crippen LogP contribution in [-0.2, 0) is 6.54 Å². The van der Waals surface area contributed by atoms with Gasteiger partial charge in [-0.3, -0.25) is 9.88 Å². The van der Waals surface area contributed by atoms with Crippen molar-refractivity contribution >= 4 is 10.8 Å². The highest BCUT2D eigenvalue weighted by atomic mass is 16.5. The Morgan fingerprint density at radius 3 is 2.52 bits per heavy atom. The summed E-state index contributed by atoms with van der Waals surface area (Å²) in [6.45, 7) is 2.93. The summed E-state index contributed by atoms with van der Waals surface area (Å²) in [6, 6.07) is 22.5. The van der Waals surface area contributed by atoms with Crippen LogP contribution < -0.4 is 10.4 Å². The first kappa shape index (κ1) is 19.6. The quantitative estimate of drug-likeness (QED) is 0.534. The molecule has 31 heavy (non-hydrogen) atoms. The molecule has 0 saturated carbocycles. The van der Waals surface area contributed by atoms with Gasteiger partial charge in [-0.15, -0.1) is 5.10 Å².